The maximum atomic E-state index is 12.3. The Hall–Kier alpha value is -2.46. The zero-order chi connectivity index (χ0) is 23.3. The van der Waals surface area contributed by atoms with Gasteiger partial charge in [0.2, 0.25) is 11.0 Å². The molecule has 0 spiro atoms. The Labute approximate surface area is 197 Å². The lowest BCUT2D eigenvalue weighted by Crippen LogP contribution is -2.17. The summed E-state index contributed by atoms with van der Waals surface area (Å²) in [4.78, 5) is 12.3. The second-order valence-corrected chi connectivity index (χ2v) is 10.4. The summed E-state index contributed by atoms with van der Waals surface area (Å²) < 4.78 is 8.20. The van der Waals surface area contributed by atoms with Crippen molar-refractivity contribution in [1.29, 1.82) is 0 Å². The van der Waals surface area contributed by atoms with E-state index in [9.17, 15) is 4.79 Å². The molecule has 1 amide bonds. The summed E-state index contributed by atoms with van der Waals surface area (Å²) >= 11 is 2.70. The Kier molecular flexibility index (Phi) is 8.25. The molecule has 172 valence electrons. The van der Waals surface area contributed by atoms with E-state index in [4.69, 9.17) is 4.74 Å². The van der Waals surface area contributed by atoms with E-state index in [1.54, 1.807) is 0 Å². The summed E-state index contributed by atoms with van der Waals surface area (Å²) in [6, 6.07) is 8.16. The van der Waals surface area contributed by atoms with E-state index in [0.29, 0.717) is 22.1 Å². The van der Waals surface area contributed by atoms with Crippen molar-refractivity contribution in [3.63, 3.8) is 0 Å². The minimum atomic E-state index is -0.279. The highest BCUT2D eigenvalue weighted by Crippen LogP contribution is 2.27. The first-order valence-corrected chi connectivity index (χ1v) is 12.5. The molecule has 0 saturated heterocycles. The molecular formula is C22H30N6O2S2. The van der Waals surface area contributed by atoms with Crippen LogP contribution in [0.25, 0.3) is 0 Å². The van der Waals surface area contributed by atoms with Crippen molar-refractivity contribution in [3.8, 4) is 5.75 Å². The zero-order valence-electron chi connectivity index (χ0n) is 19.3. The average Bonchev–Trinajstić information content (AvgIpc) is 3.32. The molecule has 0 saturated carbocycles. The van der Waals surface area contributed by atoms with Crippen molar-refractivity contribution in [2.75, 3.05) is 11.1 Å². The maximum absolute atomic E-state index is 12.3. The van der Waals surface area contributed by atoms with Crippen molar-refractivity contribution in [3.05, 3.63) is 40.7 Å². The number of amides is 1. The molecule has 3 aromatic rings. The van der Waals surface area contributed by atoms with Crippen LogP contribution in [0.3, 0.4) is 0 Å². The molecule has 1 unspecified atom stereocenters. The molecule has 0 radical (unpaired) electrons. The number of nitrogens with zero attached hydrogens (tertiary/aromatic N) is 5. The summed E-state index contributed by atoms with van der Waals surface area (Å²) in [6.07, 6.45) is -0.279. The van der Waals surface area contributed by atoms with Crippen LogP contribution in [0.4, 0.5) is 5.13 Å². The fraction of sp³-hybridized carbons (Fsp3) is 0.500. The Balaban J connectivity index is 1.68. The van der Waals surface area contributed by atoms with E-state index in [1.807, 2.05) is 30.5 Å². The normalized spacial score (nSPS) is 12.4. The highest BCUT2D eigenvalue weighted by atomic mass is 32.2. The van der Waals surface area contributed by atoms with Crippen LogP contribution < -0.4 is 10.1 Å². The number of anilines is 1. The van der Waals surface area contributed by atoms with Gasteiger partial charge in [-0.25, -0.2) is 0 Å². The Morgan fingerprint density at radius 1 is 1.09 bits per heavy atom. The topological polar surface area (TPSA) is 94.8 Å². The fourth-order valence-electron chi connectivity index (χ4n) is 3.06. The number of aromatic nitrogens is 5. The molecule has 1 N–H and O–H groups in total. The maximum Gasteiger partial charge on any atom is 0.236 e. The highest BCUT2D eigenvalue weighted by molar-refractivity contribution is 7.99. The lowest BCUT2D eigenvalue weighted by molar-refractivity contribution is -0.113. The number of aryl methyl sites for hydroxylation is 1. The quantitative estimate of drug-likeness (QED) is 0.409. The van der Waals surface area contributed by atoms with Crippen LogP contribution in [0.2, 0.25) is 0 Å². The van der Waals surface area contributed by atoms with Gasteiger partial charge >= 0.3 is 0 Å². The van der Waals surface area contributed by atoms with E-state index in [2.05, 4.69) is 65.5 Å². The first kappa shape index (κ1) is 24.2. The smallest absolute Gasteiger partial charge is 0.236 e. The number of carbonyl (C=O) groups is 1. The van der Waals surface area contributed by atoms with E-state index >= 15 is 0 Å². The van der Waals surface area contributed by atoms with Crippen LogP contribution in [0, 0.1) is 12.8 Å². The SMILES string of the molecule is Cc1nnc(NC(=O)CSc2nnc(C(C)Oc3ccc(C(C)C)cc3)n2CC(C)C)s1. The van der Waals surface area contributed by atoms with E-state index in [1.165, 1.54) is 28.7 Å². The minimum Gasteiger partial charge on any atom is -0.483 e. The van der Waals surface area contributed by atoms with Gasteiger partial charge in [0.25, 0.3) is 0 Å². The van der Waals surface area contributed by atoms with Gasteiger partial charge in [-0.1, -0.05) is 62.9 Å². The van der Waals surface area contributed by atoms with Gasteiger partial charge in [-0.3, -0.25) is 10.1 Å². The number of thioether (sulfide) groups is 1. The van der Waals surface area contributed by atoms with Crippen LogP contribution in [0.15, 0.2) is 29.4 Å². The molecule has 1 aromatic carbocycles. The monoisotopic (exact) mass is 474 g/mol. The van der Waals surface area contributed by atoms with Crippen LogP contribution in [-0.2, 0) is 11.3 Å². The number of carbonyl (C=O) groups excluding carboxylic acids is 1. The van der Waals surface area contributed by atoms with Gasteiger partial charge in [0.05, 0.1) is 5.75 Å². The van der Waals surface area contributed by atoms with Gasteiger partial charge in [-0.05, 0) is 43.4 Å². The van der Waals surface area contributed by atoms with Gasteiger partial charge in [0, 0.05) is 6.54 Å². The van der Waals surface area contributed by atoms with Crippen LogP contribution >= 0.6 is 23.1 Å². The molecule has 0 aliphatic rings. The predicted molar refractivity (Wildman–Crippen MR) is 128 cm³/mol. The lowest BCUT2D eigenvalue weighted by atomic mass is 10.0. The Bertz CT molecular complexity index is 1030. The third-order valence-electron chi connectivity index (χ3n) is 4.62. The van der Waals surface area contributed by atoms with Gasteiger partial charge in [0.1, 0.15) is 10.8 Å². The number of ether oxygens (including phenoxy) is 1. The van der Waals surface area contributed by atoms with Crippen molar-refractivity contribution in [1.82, 2.24) is 25.0 Å². The zero-order valence-corrected chi connectivity index (χ0v) is 21.0. The van der Waals surface area contributed by atoms with Crippen molar-refractivity contribution >= 4 is 34.1 Å². The molecule has 2 aromatic heterocycles. The Morgan fingerprint density at radius 3 is 2.41 bits per heavy atom. The lowest BCUT2D eigenvalue weighted by Gasteiger charge is -2.18. The molecule has 1 atom stereocenters. The van der Waals surface area contributed by atoms with E-state index in [-0.39, 0.29) is 17.8 Å². The summed E-state index contributed by atoms with van der Waals surface area (Å²) in [6.45, 7) is 13.2. The van der Waals surface area contributed by atoms with Gasteiger partial charge < -0.3 is 9.30 Å². The molecule has 0 aliphatic carbocycles. The highest BCUT2D eigenvalue weighted by Gasteiger charge is 2.21. The molecule has 0 aliphatic heterocycles. The second-order valence-electron chi connectivity index (χ2n) is 8.29. The van der Waals surface area contributed by atoms with Crippen LogP contribution in [0.5, 0.6) is 5.75 Å². The molecule has 0 bridgehead atoms. The second kappa shape index (κ2) is 10.9. The molecule has 8 nitrogen and oxygen atoms in total. The number of benzene rings is 1. The summed E-state index contributed by atoms with van der Waals surface area (Å²) in [7, 11) is 0. The third-order valence-corrected chi connectivity index (χ3v) is 6.34. The number of rotatable bonds is 10. The largest absolute Gasteiger partial charge is 0.483 e. The van der Waals surface area contributed by atoms with Gasteiger partial charge in [-0.15, -0.1) is 20.4 Å². The molecule has 0 fully saturated rings. The summed E-state index contributed by atoms with van der Waals surface area (Å²) in [5.74, 6) is 2.46. The van der Waals surface area contributed by atoms with E-state index < -0.39 is 0 Å². The number of hydrogen-bond acceptors (Lipinski definition) is 8. The van der Waals surface area contributed by atoms with Crippen molar-refractivity contribution in [2.24, 2.45) is 5.92 Å². The average molecular weight is 475 g/mol. The van der Waals surface area contributed by atoms with Gasteiger partial charge in [-0.2, -0.15) is 0 Å². The predicted octanol–water partition coefficient (Wildman–Crippen LogP) is 5.09. The van der Waals surface area contributed by atoms with Crippen LogP contribution in [-0.4, -0.2) is 36.6 Å². The standard InChI is InChI=1S/C22H30N6O2S2/c1-13(2)11-28-20(15(5)30-18-9-7-17(8-10-18)14(3)4)25-27-22(28)31-12-19(29)23-21-26-24-16(6)32-21/h7-10,13-15H,11-12H2,1-6H3,(H,23,26,29). The van der Waals surface area contributed by atoms with Crippen molar-refractivity contribution in [2.45, 2.75) is 65.3 Å². The first-order valence-electron chi connectivity index (χ1n) is 10.7. The molecular weight excluding hydrogens is 444 g/mol. The minimum absolute atomic E-state index is 0.152. The summed E-state index contributed by atoms with van der Waals surface area (Å²) in [5.41, 5.74) is 1.27. The van der Waals surface area contributed by atoms with Gasteiger partial charge in [0.15, 0.2) is 17.1 Å². The molecule has 3 rings (SSSR count). The third kappa shape index (κ3) is 6.52. The van der Waals surface area contributed by atoms with Crippen LogP contribution in [0.1, 0.15) is 63.0 Å². The summed E-state index contributed by atoms with van der Waals surface area (Å²) in [5, 5.41) is 21.4. The van der Waals surface area contributed by atoms with E-state index in [0.717, 1.165) is 23.1 Å². The molecule has 10 heteroatoms. The number of nitrogens with one attached hydrogen (secondary N) is 1. The first-order chi connectivity index (χ1) is 15.2. The molecule has 2 heterocycles. The van der Waals surface area contributed by atoms with Crippen molar-refractivity contribution < 1.29 is 9.53 Å². The molecule has 32 heavy (non-hydrogen) atoms. The number of hydrogen-bond donors (Lipinski definition) is 1. The fourth-order valence-corrected chi connectivity index (χ4v) is 4.43. The Morgan fingerprint density at radius 2 is 1.81 bits per heavy atom.